The topological polar surface area (TPSA) is 58.2 Å². The molecule has 0 bridgehead atoms. The fourth-order valence-electron chi connectivity index (χ4n) is 6.01. The standard InChI is InChI=1S/C32H28N2O2/c35-29(27-21-31(27,23-13-5-1-6-14-23)24-15-7-2-8-16-24)33-34-30(36)28-22-32(28,25-17-9-3-10-18-25)26-19-11-4-12-20-26/h1-20,27-28H,21-22H2,(H,33,35)(H,34,36)/t27-,28-/m1/s1. The first-order chi connectivity index (χ1) is 17.7. The zero-order chi connectivity index (χ0) is 24.6. The van der Waals surface area contributed by atoms with E-state index in [0.29, 0.717) is 12.8 Å². The number of hydrogen-bond acceptors (Lipinski definition) is 2. The number of carbonyl (C=O) groups is 2. The predicted octanol–water partition coefficient (Wildman–Crippen LogP) is 5.15. The van der Waals surface area contributed by atoms with Gasteiger partial charge in [0.1, 0.15) is 0 Å². The molecule has 0 heterocycles. The minimum absolute atomic E-state index is 0.151. The molecule has 2 aliphatic carbocycles. The molecule has 4 nitrogen and oxygen atoms in total. The Kier molecular flexibility index (Phi) is 5.45. The van der Waals surface area contributed by atoms with E-state index in [1.165, 1.54) is 0 Å². The number of hydrazine groups is 1. The molecule has 2 N–H and O–H groups in total. The zero-order valence-electron chi connectivity index (χ0n) is 19.9. The van der Waals surface area contributed by atoms with Crippen molar-refractivity contribution >= 4 is 11.8 Å². The third kappa shape index (κ3) is 3.61. The number of amides is 2. The van der Waals surface area contributed by atoms with E-state index in [0.717, 1.165) is 22.3 Å². The van der Waals surface area contributed by atoms with Gasteiger partial charge in [0.25, 0.3) is 0 Å². The quantitative estimate of drug-likeness (QED) is 0.382. The molecule has 4 aromatic rings. The third-order valence-electron chi connectivity index (χ3n) is 8.02. The second kappa shape index (κ2) is 8.80. The van der Waals surface area contributed by atoms with Crippen LogP contribution in [0.3, 0.4) is 0 Å². The van der Waals surface area contributed by atoms with E-state index >= 15 is 0 Å². The fraction of sp³-hybridized carbons (Fsp3) is 0.188. The number of benzene rings is 4. The van der Waals surface area contributed by atoms with Gasteiger partial charge in [0.05, 0.1) is 11.8 Å². The molecular weight excluding hydrogens is 444 g/mol. The average Bonchev–Trinajstić information content (AvgIpc) is 3.87. The SMILES string of the molecule is O=C(NNC(=O)[C@H]1CC1(c1ccccc1)c1ccccc1)[C@H]1CC1(c1ccccc1)c1ccccc1. The van der Waals surface area contributed by atoms with Gasteiger partial charge in [0.2, 0.25) is 11.8 Å². The molecule has 0 aromatic heterocycles. The molecule has 178 valence electrons. The van der Waals surface area contributed by atoms with Crippen molar-refractivity contribution in [2.75, 3.05) is 0 Å². The average molecular weight is 473 g/mol. The highest BCUT2D eigenvalue weighted by atomic mass is 16.2. The van der Waals surface area contributed by atoms with Crippen LogP contribution < -0.4 is 10.9 Å². The Morgan fingerprint density at radius 2 is 0.722 bits per heavy atom. The van der Waals surface area contributed by atoms with Crippen LogP contribution in [-0.4, -0.2) is 11.8 Å². The molecule has 0 saturated heterocycles. The minimum atomic E-state index is -0.366. The molecule has 2 saturated carbocycles. The summed E-state index contributed by atoms with van der Waals surface area (Å²) in [6, 6.07) is 40.7. The summed E-state index contributed by atoms with van der Waals surface area (Å²) < 4.78 is 0. The van der Waals surface area contributed by atoms with E-state index in [2.05, 4.69) is 59.4 Å². The van der Waals surface area contributed by atoms with Gasteiger partial charge in [0.15, 0.2) is 0 Å². The van der Waals surface area contributed by atoms with Gasteiger partial charge in [-0.1, -0.05) is 121 Å². The second-order valence-corrected chi connectivity index (χ2v) is 9.90. The first-order valence-corrected chi connectivity index (χ1v) is 12.5. The lowest BCUT2D eigenvalue weighted by Crippen LogP contribution is -2.45. The van der Waals surface area contributed by atoms with Crippen molar-refractivity contribution in [2.45, 2.75) is 23.7 Å². The number of carbonyl (C=O) groups excluding carboxylic acids is 2. The molecule has 0 spiro atoms. The van der Waals surface area contributed by atoms with Crippen LogP contribution in [0, 0.1) is 11.8 Å². The molecule has 0 unspecified atom stereocenters. The predicted molar refractivity (Wildman–Crippen MR) is 140 cm³/mol. The third-order valence-corrected chi connectivity index (χ3v) is 8.02. The molecule has 2 aliphatic rings. The number of hydrogen-bond donors (Lipinski definition) is 2. The number of nitrogens with one attached hydrogen (secondary N) is 2. The highest BCUT2D eigenvalue weighted by molar-refractivity contribution is 5.91. The number of rotatable bonds is 6. The second-order valence-electron chi connectivity index (χ2n) is 9.90. The Morgan fingerprint density at radius 1 is 0.472 bits per heavy atom. The maximum Gasteiger partial charge on any atom is 0.242 e. The summed E-state index contributed by atoms with van der Waals surface area (Å²) in [5.74, 6) is -0.784. The van der Waals surface area contributed by atoms with Gasteiger partial charge in [0, 0.05) is 10.8 Å². The van der Waals surface area contributed by atoms with Crippen LogP contribution >= 0.6 is 0 Å². The van der Waals surface area contributed by atoms with Crippen molar-refractivity contribution in [1.82, 2.24) is 10.9 Å². The molecular formula is C32H28N2O2. The molecule has 2 atom stereocenters. The molecule has 36 heavy (non-hydrogen) atoms. The van der Waals surface area contributed by atoms with E-state index in [-0.39, 0.29) is 34.5 Å². The van der Waals surface area contributed by atoms with Crippen LogP contribution in [0.4, 0.5) is 0 Å². The highest BCUT2D eigenvalue weighted by Gasteiger charge is 2.62. The van der Waals surface area contributed by atoms with Gasteiger partial charge < -0.3 is 0 Å². The summed E-state index contributed by atoms with van der Waals surface area (Å²) in [7, 11) is 0. The minimum Gasteiger partial charge on any atom is -0.273 e. The van der Waals surface area contributed by atoms with Crippen LogP contribution in [0.5, 0.6) is 0 Å². The van der Waals surface area contributed by atoms with Crippen molar-refractivity contribution in [1.29, 1.82) is 0 Å². The molecule has 2 amide bonds. The Hall–Kier alpha value is -4.18. The molecule has 2 fully saturated rings. The fourth-order valence-corrected chi connectivity index (χ4v) is 6.01. The van der Waals surface area contributed by atoms with E-state index in [9.17, 15) is 9.59 Å². The Bertz CT molecular complexity index is 1180. The van der Waals surface area contributed by atoms with Crippen molar-refractivity contribution in [3.63, 3.8) is 0 Å². The maximum atomic E-state index is 13.3. The Labute approximate surface area is 211 Å². The van der Waals surface area contributed by atoms with Crippen molar-refractivity contribution in [2.24, 2.45) is 11.8 Å². The maximum absolute atomic E-state index is 13.3. The molecule has 0 aliphatic heterocycles. The van der Waals surface area contributed by atoms with Gasteiger partial charge in [-0.2, -0.15) is 0 Å². The monoisotopic (exact) mass is 472 g/mol. The van der Waals surface area contributed by atoms with E-state index in [1.54, 1.807) is 0 Å². The summed E-state index contributed by atoms with van der Waals surface area (Å²) in [5, 5.41) is 0. The van der Waals surface area contributed by atoms with Crippen LogP contribution in [0.15, 0.2) is 121 Å². The normalized spacial score (nSPS) is 20.7. The summed E-state index contributed by atoms with van der Waals surface area (Å²) in [5.41, 5.74) is 9.28. The molecule has 4 aromatic carbocycles. The van der Waals surface area contributed by atoms with Crippen molar-refractivity contribution in [3.8, 4) is 0 Å². The largest absolute Gasteiger partial charge is 0.273 e. The summed E-state index contributed by atoms with van der Waals surface area (Å²) >= 11 is 0. The van der Waals surface area contributed by atoms with Gasteiger partial charge in [-0.05, 0) is 35.1 Å². The molecule has 6 rings (SSSR count). The van der Waals surface area contributed by atoms with Crippen molar-refractivity contribution < 1.29 is 9.59 Å². The zero-order valence-corrected chi connectivity index (χ0v) is 19.9. The van der Waals surface area contributed by atoms with Crippen LogP contribution in [0.2, 0.25) is 0 Å². The van der Waals surface area contributed by atoms with Crippen LogP contribution in [0.25, 0.3) is 0 Å². The lowest BCUT2D eigenvalue weighted by molar-refractivity contribution is -0.130. The van der Waals surface area contributed by atoms with E-state index in [1.807, 2.05) is 72.8 Å². The van der Waals surface area contributed by atoms with Gasteiger partial charge in [-0.3, -0.25) is 20.4 Å². The van der Waals surface area contributed by atoms with E-state index < -0.39 is 0 Å². The van der Waals surface area contributed by atoms with Gasteiger partial charge in [-0.25, -0.2) is 0 Å². The Morgan fingerprint density at radius 3 is 0.972 bits per heavy atom. The van der Waals surface area contributed by atoms with Crippen LogP contribution in [0.1, 0.15) is 35.1 Å². The highest BCUT2D eigenvalue weighted by Crippen LogP contribution is 2.60. The summed E-state index contributed by atoms with van der Waals surface area (Å²) in [6.45, 7) is 0. The summed E-state index contributed by atoms with van der Waals surface area (Å²) in [4.78, 5) is 26.6. The first kappa shape index (κ1) is 22.3. The van der Waals surface area contributed by atoms with Gasteiger partial charge in [-0.15, -0.1) is 0 Å². The molecule has 0 radical (unpaired) electrons. The van der Waals surface area contributed by atoms with Crippen LogP contribution in [-0.2, 0) is 20.4 Å². The summed E-state index contributed by atoms with van der Waals surface area (Å²) in [6.07, 6.45) is 1.42. The Balaban J connectivity index is 1.19. The van der Waals surface area contributed by atoms with Gasteiger partial charge >= 0.3 is 0 Å². The lowest BCUT2D eigenvalue weighted by atomic mass is 9.85. The molecule has 4 heteroatoms. The lowest BCUT2D eigenvalue weighted by Gasteiger charge is -2.20. The first-order valence-electron chi connectivity index (χ1n) is 12.5. The van der Waals surface area contributed by atoms with Crippen molar-refractivity contribution in [3.05, 3.63) is 144 Å². The smallest absolute Gasteiger partial charge is 0.242 e. The van der Waals surface area contributed by atoms with E-state index in [4.69, 9.17) is 0 Å².